The van der Waals surface area contributed by atoms with Crippen molar-refractivity contribution in [2.45, 2.75) is 71.8 Å². The van der Waals surface area contributed by atoms with Gasteiger partial charge in [-0.25, -0.2) is 14.4 Å². The fourth-order valence-electron chi connectivity index (χ4n) is 2.37. The lowest BCUT2D eigenvalue weighted by molar-refractivity contribution is -0.157. The van der Waals surface area contributed by atoms with Crippen LogP contribution < -0.4 is 10.6 Å². The van der Waals surface area contributed by atoms with Crippen LogP contribution in [0.4, 0.5) is 9.59 Å². The summed E-state index contributed by atoms with van der Waals surface area (Å²) in [5, 5.41) is 5.29. The summed E-state index contributed by atoms with van der Waals surface area (Å²) in [5.41, 5.74) is -0.414. The monoisotopic (exact) mass is 468 g/mol. The number of hydrogen-bond donors (Lipinski definition) is 2. The lowest BCUT2D eigenvalue weighted by atomic mass is 10.1. The van der Waals surface area contributed by atoms with E-state index in [1.165, 1.54) is 0 Å². The van der Waals surface area contributed by atoms with Gasteiger partial charge in [0.05, 0.1) is 0 Å². The van der Waals surface area contributed by atoms with Crippen molar-refractivity contribution in [1.82, 2.24) is 10.6 Å². The van der Waals surface area contributed by atoms with E-state index in [9.17, 15) is 14.4 Å². The third kappa shape index (κ3) is 13.8. The van der Waals surface area contributed by atoms with Crippen molar-refractivity contribution in [2.75, 3.05) is 18.1 Å². The third-order valence-electron chi connectivity index (χ3n) is 3.66. The Kier molecular flexibility index (Phi) is 11.4. The largest absolute Gasteiger partial charge is 0.458 e. The molecule has 2 N–H and O–H groups in total. The highest BCUT2D eigenvalue weighted by molar-refractivity contribution is 7.99. The van der Waals surface area contributed by atoms with E-state index in [0.29, 0.717) is 24.5 Å². The van der Waals surface area contributed by atoms with Crippen LogP contribution in [0.5, 0.6) is 0 Å². The number of carbonyl (C=O) groups excluding carboxylic acids is 3. The van der Waals surface area contributed by atoms with Crippen molar-refractivity contribution < 1.29 is 28.6 Å². The van der Waals surface area contributed by atoms with Crippen LogP contribution in [0.15, 0.2) is 30.3 Å². The number of hydrogen-bond acceptors (Lipinski definition) is 7. The molecule has 0 fully saturated rings. The van der Waals surface area contributed by atoms with E-state index in [-0.39, 0.29) is 6.61 Å². The van der Waals surface area contributed by atoms with E-state index in [1.807, 2.05) is 30.3 Å². The van der Waals surface area contributed by atoms with Gasteiger partial charge in [-0.1, -0.05) is 30.3 Å². The van der Waals surface area contributed by atoms with Crippen molar-refractivity contribution in [2.24, 2.45) is 0 Å². The number of alkyl carbamates (subject to hydrolysis) is 2. The van der Waals surface area contributed by atoms with Gasteiger partial charge in [0, 0.05) is 12.3 Å². The minimum Gasteiger partial charge on any atom is -0.458 e. The molecule has 180 valence electrons. The minimum atomic E-state index is -0.819. The second kappa shape index (κ2) is 13.2. The molecule has 0 bridgehead atoms. The van der Waals surface area contributed by atoms with Crippen LogP contribution in [0.3, 0.4) is 0 Å². The van der Waals surface area contributed by atoms with E-state index < -0.39 is 35.4 Å². The molecule has 0 radical (unpaired) electrons. The van der Waals surface area contributed by atoms with Crippen LogP contribution in [-0.2, 0) is 25.6 Å². The summed E-state index contributed by atoms with van der Waals surface area (Å²) >= 11 is 1.54. The normalized spacial score (nSPS) is 12.4. The number of thioether (sulfide) groups is 1. The molecule has 2 amide bonds. The first kappa shape index (κ1) is 27.6. The Bertz CT molecular complexity index is 728. The molecule has 0 saturated carbocycles. The van der Waals surface area contributed by atoms with Crippen molar-refractivity contribution in [3.63, 3.8) is 0 Å². The molecule has 0 saturated heterocycles. The summed E-state index contributed by atoms with van der Waals surface area (Å²) in [5.74, 6) is 0.709. The number of esters is 1. The maximum Gasteiger partial charge on any atom is 0.408 e. The molecule has 0 aliphatic heterocycles. The summed E-state index contributed by atoms with van der Waals surface area (Å²) < 4.78 is 15.8. The average molecular weight is 469 g/mol. The molecule has 1 unspecified atom stereocenters. The Labute approximate surface area is 195 Å². The summed E-state index contributed by atoms with van der Waals surface area (Å²) in [6, 6.07) is 8.62. The van der Waals surface area contributed by atoms with E-state index in [0.717, 1.165) is 5.56 Å². The number of carbonyl (C=O) groups is 3. The molecule has 1 atom stereocenters. The SMILES string of the molecule is CC(C)(C)OC(=O)NC(CCSCCNC(=O)OCc1ccccc1)C(=O)OC(C)(C)C. The maximum atomic E-state index is 12.5. The molecule has 9 heteroatoms. The van der Waals surface area contributed by atoms with Gasteiger partial charge < -0.3 is 24.8 Å². The molecule has 0 aromatic heterocycles. The molecular weight excluding hydrogens is 432 g/mol. The van der Waals surface area contributed by atoms with E-state index in [2.05, 4.69) is 10.6 Å². The van der Waals surface area contributed by atoms with Crippen LogP contribution in [0.1, 0.15) is 53.5 Å². The van der Waals surface area contributed by atoms with Gasteiger partial charge in [-0.2, -0.15) is 11.8 Å². The number of amides is 2. The zero-order chi connectivity index (χ0) is 24.2. The first-order valence-corrected chi connectivity index (χ1v) is 11.8. The van der Waals surface area contributed by atoms with Gasteiger partial charge >= 0.3 is 18.2 Å². The Morgan fingerprint density at radius 3 is 2.12 bits per heavy atom. The van der Waals surface area contributed by atoms with Gasteiger partial charge in [0.2, 0.25) is 0 Å². The average Bonchev–Trinajstić information content (AvgIpc) is 2.66. The molecule has 1 rings (SSSR count). The summed E-state index contributed by atoms with van der Waals surface area (Å²) in [4.78, 5) is 36.3. The van der Waals surface area contributed by atoms with Crippen molar-refractivity contribution >= 4 is 29.9 Å². The van der Waals surface area contributed by atoms with Gasteiger partial charge in [-0.05, 0) is 59.3 Å². The van der Waals surface area contributed by atoms with E-state index >= 15 is 0 Å². The number of nitrogens with one attached hydrogen (secondary N) is 2. The summed E-state index contributed by atoms with van der Waals surface area (Å²) in [7, 11) is 0. The third-order valence-corrected chi connectivity index (χ3v) is 4.68. The van der Waals surface area contributed by atoms with Gasteiger partial charge in [-0.15, -0.1) is 0 Å². The molecule has 0 aliphatic rings. The zero-order valence-electron chi connectivity index (χ0n) is 19.9. The van der Waals surface area contributed by atoms with Gasteiger partial charge in [-0.3, -0.25) is 0 Å². The predicted octanol–water partition coefficient (Wildman–Crippen LogP) is 4.27. The van der Waals surface area contributed by atoms with Gasteiger partial charge in [0.1, 0.15) is 23.9 Å². The highest BCUT2D eigenvalue weighted by Crippen LogP contribution is 2.13. The molecule has 0 spiro atoms. The van der Waals surface area contributed by atoms with E-state index in [4.69, 9.17) is 14.2 Å². The number of rotatable bonds is 10. The first-order valence-electron chi connectivity index (χ1n) is 10.6. The Balaban J connectivity index is 2.36. The molecule has 0 heterocycles. The van der Waals surface area contributed by atoms with Crippen molar-refractivity contribution in [3.8, 4) is 0 Å². The smallest absolute Gasteiger partial charge is 0.408 e. The van der Waals surface area contributed by atoms with Crippen LogP contribution in [-0.4, -0.2) is 53.5 Å². The Morgan fingerprint density at radius 1 is 0.906 bits per heavy atom. The van der Waals surface area contributed by atoms with Crippen molar-refractivity contribution in [3.05, 3.63) is 35.9 Å². The minimum absolute atomic E-state index is 0.216. The van der Waals surface area contributed by atoms with Crippen LogP contribution >= 0.6 is 11.8 Å². The van der Waals surface area contributed by atoms with Crippen LogP contribution in [0.25, 0.3) is 0 Å². The predicted molar refractivity (Wildman–Crippen MR) is 126 cm³/mol. The molecule has 1 aromatic rings. The molecular formula is C23H36N2O6S. The molecule has 1 aromatic carbocycles. The lowest BCUT2D eigenvalue weighted by Crippen LogP contribution is -2.46. The second-order valence-corrected chi connectivity index (χ2v) is 10.3. The lowest BCUT2D eigenvalue weighted by Gasteiger charge is -2.26. The first-order chi connectivity index (χ1) is 14.9. The topological polar surface area (TPSA) is 103 Å². The summed E-state index contributed by atoms with van der Waals surface area (Å²) in [6.45, 7) is 11.2. The van der Waals surface area contributed by atoms with E-state index in [1.54, 1.807) is 53.3 Å². The quantitative estimate of drug-likeness (QED) is 0.300. The standard InChI is InChI=1S/C23H36N2O6S/c1-22(2,3)30-19(26)18(25-21(28)31-23(4,5)6)12-14-32-15-13-24-20(27)29-16-17-10-8-7-9-11-17/h7-11,18H,12-16H2,1-6H3,(H,24,27)(H,25,28). The maximum absolute atomic E-state index is 12.5. The van der Waals surface area contributed by atoms with Gasteiger partial charge in [0.25, 0.3) is 0 Å². The molecule has 32 heavy (non-hydrogen) atoms. The van der Waals surface area contributed by atoms with Crippen molar-refractivity contribution in [1.29, 1.82) is 0 Å². The fourth-order valence-corrected chi connectivity index (χ4v) is 3.23. The molecule has 0 aliphatic carbocycles. The molecule has 8 nitrogen and oxygen atoms in total. The highest BCUT2D eigenvalue weighted by atomic mass is 32.2. The highest BCUT2D eigenvalue weighted by Gasteiger charge is 2.28. The number of benzene rings is 1. The Hall–Kier alpha value is -2.42. The summed E-state index contributed by atoms with van der Waals surface area (Å²) in [6.07, 6.45) is -0.772. The fraction of sp³-hybridized carbons (Fsp3) is 0.609. The number of ether oxygens (including phenoxy) is 3. The Morgan fingerprint density at radius 2 is 1.53 bits per heavy atom. The van der Waals surface area contributed by atoms with Crippen LogP contribution in [0.2, 0.25) is 0 Å². The van der Waals surface area contributed by atoms with Gasteiger partial charge in [0.15, 0.2) is 0 Å². The zero-order valence-corrected chi connectivity index (χ0v) is 20.7. The second-order valence-electron chi connectivity index (χ2n) is 9.12. The van der Waals surface area contributed by atoms with Crippen LogP contribution in [0, 0.1) is 0 Å².